The Labute approximate surface area is 156 Å². The van der Waals surface area contributed by atoms with Gasteiger partial charge in [0.05, 0.1) is 5.75 Å². The van der Waals surface area contributed by atoms with Crippen molar-refractivity contribution in [1.29, 1.82) is 0 Å². The molecule has 0 unspecified atom stereocenters. The van der Waals surface area contributed by atoms with Gasteiger partial charge < -0.3 is 4.74 Å². The number of ether oxygens (including phenoxy) is 1. The van der Waals surface area contributed by atoms with E-state index in [1.807, 2.05) is 61.5 Å². The molecule has 1 saturated heterocycles. The zero-order chi connectivity index (χ0) is 18.4. The van der Waals surface area contributed by atoms with Crippen LogP contribution in [-0.2, 0) is 15.8 Å². The van der Waals surface area contributed by atoms with Gasteiger partial charge in [0.2, 0.25) is 10.0 Å². The van der Waals surface area contributed by atoms with Crippen LogP contribution in [0.15, 0.2) is 54.6 Å². The second-order valence-electron chi connectivity index (χ2n) is 6.58. The number of para-hydroxylation sites is 1. The number of hydrogen-bond donors (Lipinski definition) is 0. The van der Waals surface area contributed by atoms with Crippen LogP contribution < -0.4 is 4.74 Å². The predicted octanol–water partition coefficient (Wildman–Crippen LogP) is 2.52. The van der Waals surface area contributed by atoms with Gasteiger partial charge in [0.15, 0.2) is 0 Å². The lowest BCUT2D eigenvalue weighted by Gasteiger charge is -2.34. The molecular formula is C20H26N2O3S. The van der Waals surface area contributed by atoms with E-state index in [1.54, 1.807) is 4.31 Å². The summed E-state index contributed by atoms with van der Waals surface area (Å²) in [5.41, 5.74) is 1.90. The summed E-state index contributed by atoms with van der Waals surface area (Å²) >= 11 is 0. The van der Waals surface area contributed by atoms with Gasteiger partial charge in [-0.15, -0.1) is 0 Å². The Morgan fingerprint density at radius 2 is 1.58 bits per heavy atom. The van der Waals surface area contributed by atoms with Crippen LogP contribution in [0, 0.1) is 6.92 Å². The van der Waals surface area contributed by atoms with E-state index in [9.17, 15) is 8.42 Å². The van der Waals surface area contributed by atoms with Gasteiger partial charge in [-0.2, -0.15) is 4.31 Å². The number of rotatable bonds is 7. The molecule has 140 valence electrons. The second kappa shape index (κ2) is 8.66. The lowest BCUT2D eigenvalue weighted by atomic mass is 10.1. The van der Waals surface area contributed by atoms with Crippen LogP contribution in [0.5, 0.6) is 5.75 Å². The monoisotopic (exact) mass is 374 g/mol. The zero-order valence-electron chi connectivity index (χ0n) is 15.2. The third-order valence-corrected chi connectivity index (χ3v) is 6.57. The molecule has 6 heteroatoms. The van der Waals surface area contributed by atoms with Crippen molar-refractivity contribution in [3.8, 4) is 5.75 Å². The molecule has 2 aromatic carbocycles. The van der Waals surface area contributed by atoms with E-state index in [0.717, 1.165) is 36.5 Å². The Bertz CT molecular complexity index is 801. The number of sulfonamides is 1. The molecule has 26 heavy (non-hydrogen) atoms. The molecule has 1 fully saturated rings. The first kappa shape index (κ1) is 18.9. The third kappa shape index (κ3) is 5.06. The van der Waals surface area contributed by atoms with Crippen molar-refractivity contribution >= 4 is 10.0 Å². The SMILES string of the molecule is Cc1ccccc1CS(=O)(=O)N1CCN(CCOc2ccccc2)CC1. The predicted molar refractivity (Wildman–Crippen MR) is 104 cm³/mol. The molecule has 0 saturated carbocycles. The maximum atomic E-state index is 12.7. The molecule has 0 aliphatic carbocycles. The summed E-state index contributed by atoms with van der Waals surface area (Å²) in [6.07, 6.45) is 0. The van der Waals surface area contributed by atoms with Crippen molar-refractivity contribution in [2.75, 3.05) is 39.3 Å². The molecule has 5 nitrogen and oxygen atoms in total. The quantitative estimate of drug-likeness (QED) is 0.747. The van der Waals surface area contributed by atoms with Gasteiger partial charge in [-0.05, 0) is 30.2 Å². The lowest BCUT2D eigenvalue weighted by molar-refractivity contribution is 0.159. The molecule has 3 rings (SSSR count). The number of aryl methyl sites for hydroxylation is 1. The van der Waals surface area contributed by atoms with Crippen LogP contribution in [0.2, 0.25) is 0 Å². The zero-order valence-corrected chi connectivity index (χ0v) is 16.0. The van der Waals surface area contributed by atoms with Gasteiger partial charge in [0.1, 0.15) is 12.4 Å². The third-order valence-electron chi connectivity index (χ3n) is 4.74. The molecule has 0 bridgehead atoms. The van der Waals surface area contributed by atoms with Crippen LogP contribution in [0.1, 0.15) is 11.1 Å². The Kier molecular flexibility index (Phi) is 6.29. The smallest absolute Gasteiger partial charge is 0.218 e. The van der Waals surface area contributed by atoms with E-state index in [2.05, 4.69) is 4.90 Å². The Morgan fingerprint density at radius 3 is 2.27 bits per heavy atom. The highest BCUT2D eigenvalue weighted by Crippen LogP contribution is 2.16. The first-order valence-electron chi connectivity index (χ1n) is 8.97. The standard InChI is InChI=1S/C20H26N2O3S/c1-18-7-5-6-8-19(18)17-26(23,24)22-13-11-21(12-14-22)15-16-25-20-9-3-2-4-10-20/h2-10H,11-17H2,1H3. The minimum absolute atomic E-state index is 0.0802. The van der Waals surface area contributed by atoms with Gasteiger partial charge in [-0.25, -0.2) is 8.42 Å². The molecule has 2 aromatic rings. The Hall–Kier alpha value is -1.89. The molecule has 0 spiro atoms. The molecular weight excluding hydrogens is 348 g/mol. The van der Waals surface area contributed by atoms with Crippen molar-refractivity contribution in [2.45, 2.75) is 12.7 Å². The average molecular weight is 375 g/mol. The topological polar surface area (TPSA) is 49.9 Å². The van der Waals surface area contributed by atoms with Crippen LogP contribution in [-0.4, -0.2) is 57.0 Å². The van der Waals surface area contributed by atoms with Gasteiger partial charge in [0.25, 0.3) is 0 Å². The highest BCUT2D eigenvalue weighted by atomic mass is 32.2. The largest absolute Gasteiger partial charge is 0.492 e. The fourth-order valence-electron chi connectivity index (χ4n) is 3.10. The van der Waals surface area contributed by atoms with Crippen LogP contribution in [0.4, 0.5) is 0 Å². The fourth-order valence-corrected chi connectivity index (χ4v) is 4.72. The summed E-state index contributed by atoms with van der Waals surface area (Å²) in [6.45, 7) is 5.94. The number of nitrogens with zero attached hydrogens (tertiary/aromatic N) is 2. The maximum Gasteiger partial charge on any atom is 0.218 e. The van der Waals surface area contributed by atoms with E-state index >= 15 is 0 Å². The molecule has 0 radical (unpaired) electrons. The molecule has 1 aliphatic rings. The minimum Gasteiger partial charge on any atom is -0.492 e. The minimum atomic E-state index is -3.27. The van der Waals surface area contributed by atoms with Crippen molar-refractivity contribution < 1.29 is 13.2 Å². The average Bonchev–Trinajstić information content (AvgIpc) is 2.65. The van der Waals surface area contributed by atoms with Crippen LogP contribution >= 0.6 is 0 Å². The highest BCUT2D eigenvalue weighted by molar-refractivity contribution is 7.88. The number of piperazine rings is 1. The number of hydrogen-bond acceptors (Lipinski definition) is 4. The first-order chi connectivity index (χ1) is 12.5. The molecule has 0 amide bonds. The first-order valence-corrected chi connectivity index (χ1v) is 10.6. The summed E-state index contributed by atoms with van der Waals surface area (Å²) < 4.78 is 32.7. The van der Waals surface area contributed by atoms with Crippen molar-refractivity contribution in [3.05, 3.63) is 65.7 Å². The van der Waals surface area contributed by atoms with E-state index in [0.29, 0.717) is 19.7 Å². The van der Waals surface area contributed by atoms with E-state index in [4.69, 9.17) is 4.74 Å². The molecule has 0 N–H and O–H groups in total. The molecule has 0 atom stereocenters. The lowest BCUT2D eigenvalue weighted by Crippen LogP contribution is -2.49. The van der Waals surface area contributed by atoms with Crippen LogP contribution in [0.25, 0.3) is 0 Å². The summed E-state index contributed by atoms with van der Waals surface area (Å²) in [5.74, 6) is 0.948. The highest BCUT2D eigenvalue weighted by Gasteiger charge is 2.27. The Morgan fingerprint density at radius 1 is 0.923 bits per heavy atom. The normalized spacial score (nSPS) is 16.5. The van der Waals surface area contributed by atoms with Crippen LogP contribution in [0.3, 0.4) is 0 Å². The van der Waals surface area contributed by atoms with Crippen molar-refractivity contribution in [2.24, 2.45) is 0 Å². The summed E-state index contributed by atoms with van der Waals surface area (Å²) in [7, 11) is -3.27. The fraction of sp³-hybridized carbons (Fsp3) is 0.400. The second-order valence-corrected chi connectivity index (χ2v) is 8.55. The Balaban J connectivity index is 1.46. The maximum absolute atomic E-state index is 12.7. The van der Waals surface area contributed by atoms with Gasteiger partial charge in [0, 0.05) is 32.7 Å². The van der Waals surface area contributed by atoms with E-state index in [1.165, 1.54) is 0 Å². The molecule has 1 aliphatic heterocycles. The van der Waals surface area contributed by atoms with Gasteiger partial charge >= 0.3 is 0 Å². The van der Waals surface area contributed by atoms with Crippen molar-refractivity contribution in [1.82, 2.24) is 9.21 Å². The van der Waals surface area contributed by atoms with Crippen molar-refractivity contribution in [3.63, 3.8) is 0 Å². The van der Waals surface area contributed by atoms with Gasteiger partial charge in [-0.1, -0.05) is 42.5 Å². The summed E-state index contributed by atoms with van der Waals surface area (Å²) in [6, 6.07) is 17.4. The van der Waals surface area contributed by atoms with E-state index in [-0.39, 0.29) is 5.75 Å². The number of benzene rings is 2. The molecule has 1 heterocycles. The van der Waals surface area contributed by atoms with E-state index < -0.39 is 10.0 Å². The summed E-state index contributed by atoms with van der Waals surface area (Å²) in [5, 5.41) is 0. The summed E-state index contributed by atoms with van der Waals surface area (Å²) in [4.78, 5) is 2.25. The van der Waals surface area contributed by atoms with Gasteiger partial charge in [-0.3, -0.25) is 4.90 Å². The molecule has 0 aromatic heterocycles.